The molecular weight excluding hydrogens is 555 g/mol. The van der Waals surface area contributed by atoms with Crippen molar-refractivity contribution in [3.63, 3.8) is 0 Å². The molecule has 0 amide bonds. The maximum absolute atomic E-state index is 6.18. The van der Waals surface area contributed by atoms with Crippen molar-refractivity contribution in [2.45, 2.75) is 17.6 Å². The minimum atomic E-state index is 0.522. The molecule has 0 fully saturated rings. The monoisotopic (exact) mass is 582 g/mol. The van der Waals surface area contributed by atoms with Gasteiger partial charge in [0.15, 0.2) is 0 Å². The van der Waals surface area contributed by atoms with Crippen molar-refractivity contribution < 1.29 is 9.47 Å². The first-order chi connectivity index (χ1) is 17.8. The van der Waals surface area contributed by atoms with Crippen molar-refractivity contribution in [2.75, 3.05) is 0 Å². The molecule has 0 saturated heterocycles. The molecule has 178 valence electrons. The number of rotatable bonds is 9. The van der Waals surface area contributed by atoms with Crippen LogP contribution in [0.25, 0.3) is 22.3 Å². The fourth-order valence-electron chi connectivity index (χ4n) is 4.16. The molecule has 0 radical (unpaired) electrons. The van der Waals surface area contributed by atoms with E-state index >= 15 is 0 Å². The molecule has 0 aliphatic rings. The Morgan fingerprint density at radius 1 is 0.472 bits per heavy atom. The molecule has 0 spiro atoms. The third-order valence-corrected chi connectivity index (χ3v) is 6.87. The van der Waals surface area contributed by atoms with Gasteiger partial charge in [-0.15, -0.1) is 0 Å². The van der Waals surface area contributed by atoms with E-state index in [1.807, 2.05) is 30.3 Å². The van der Waals surface area contributed by atoms with Crippen LogP contribution in [0.3, 0.4) is 0 Å². The van der Waals surface area contributed by atoms with E-state index in [4.69, 9.17) is 9.47 Å². The second-order valence-electron chi connectivity index (χ2n) is 8.61. The van der Waals surface area contributed by atoms with Crippen molar-refractivity contribution in [3.05, 3.63) is 144 Å². The first kappa shape index (κ1) is 24.1. The van der Waals surface area contributed by atoms with Crippen LogP contribution in [0.15, 0.2) is 127 Å². The highest BCUT2D eigenvalue weighted by molar-refractivity contribution is 14.1. The molecule has 5 aromatic carbocycles. The first-order valence-electron chi connectivity index (χ1n) is 12.0. The Balaban J connectivity index is 1.26. The third kappa shape index (κ3) is 6.16. The van der Waals surface area contributed by atoms with Crippen LogP contribution < -0.4 is 9.47 Å². The summed E-state index contributed by atoms with van der Waals surface area (Å²) in [7, 11) is 0. The number of halogens is 1. The molecular formula is C33H27IO2. The summed E-state index contributed by atoms with van der Waals surface area (Å²) in [4.78, 5) is 0. The Hall–Kier alpha value is -3.57. The van der Waals surface area contributed by atoms with Gasteiger partial charge in [0, 0.05) is 9.99 Å². The molecule has 0 bridgehead atoms. The lowest BCUT2D eigenvalue weighted by Gasteiger charge is -2.12. The van der Waals surface area contributed by atoms with Crippen LogP contribution in [0.2, 0.25) is 0 Å². The fourth-order valence-corrected chi connectivity index (χ4v) is 4.79. The summed E-state index contributed by atoms with van der Waals surface area (Å²) >= 11 is 2.37. The summed E-state index contributed by atoms with van der Waals surface area (Å²) in [5.74, 6) is 1.80. The van der Waals surface area contributed by atoms with Gasteiger partial charge in [-0.1, -0.05) is 120 Å². The number of benzene rings is 5. The van der Waals surface area contributed by atoms with E-state index in [2.05, 4.69) is 120 Å². The predicted molar refractivity (Wildman–Crippen MR) is 157 cm³/mol. The summed E-state index contributed by atoms with van der Waals surface area (Å²) in [6.45, 7) is 1.06. The third-order valence-electron chi connectivity index (χ3n) is 6.04. The molecule has 36 heavy (non-hydrogen) atoms. The van der Waals surface area contributed by atoms with Gasteiger partial charge in [0.1, 0.15) is 24.7 Å². The van der Waals surface area contributed by atoms with E-state index in [0.717, 1.165) is 38.2 Å². The average Bonchev–Trinajstić information content (AvgIpc) is 2.96. The molecule has 3 heteroatoms. The maximum Gasteiger partial charge on any atom is 0.123 e. The molecule has 0 heterocycles. The Kier molecular flexibility index (Phi) is 7.99. The maximum atomic E-state index is 6.18. The first-order valence-corrected chi connectivity index (χ1v) is 13.5. The summed E-state index contributed by atoms with van der Waals surface area (Å²) in [5.41, 5.74) is 8.18. The molecule has 0 atom stereocenters. The van der Waals surface area contributed by atoms with Crippen molar-refractivity contribution in [3.8, 4) is 33.8 Å². The van der Waals surface area contributed by atoms with Gasteiger partial charge in [-0.25, -0.2) is 0 Å². The van der Waals surface area contributed by atoms with Gasteiger partial charge in [0.2, 0.25) is 0 Å². The van der Waals surface area contributed by atoms with Crippen molar-refractivity contribution in [1.82, 2.24) is 0 Å². The van der Waals surface area contributed by atoms with Gasteiger partial charge in [-0.2, -0.15) is 0 Å². The van der Waals surface area contributed by atoms with E-state index < -0.39 is 0 Å². The molecule has 5 aromatic rings. The molecule has 0 saturated carbocycles. The topological polar surface area (TPSA) is 18.5 Å². The van der Waals surface area contributed by atoms with E-state index in [1.54, 1.807) is 0 Å². The fraction of sp³-hybridized carbons (Fsp3) is 0.0909. The standard InChI is InChI=1S/C33H27IO2/c34-22-31-13-4-5-18-33(31)36-24-26-10-7-15-29(20-26)30-16-8-17-32(21-30)35-23-25-9-6-14-28(19-25)27-11-2-1-3-12-27/h1-21H,22-24H2. The Bertz CT molecular complexity index is 1430. The largest absolute Gasteiger partial charge is 0.489 e. The molecule has 0 N–H and O–H groups in total. The van der Waals surface area contributed by atoms with Crippen molar-refractivity contribution >= 4 is 22.6 Å². The molecule has 0 aliphatic heterocycles. The van der Waals surface area contributed by atoms with Crippen LogP contribution in [0, 0.1) is 0 Å². The Morgan fingerprint density at radius 2 is 1.03 bits per heavy atom. The molecule has 0 aromatic heterocycles. The average molecular weight is 582 g/mol. The number of hydrogen-bond donors (Lipinski definition) is 0. The van der Waals surface area contributed by atoms with E-state index in [9.17, 15) is 0 Å². The van der Waals surface area contributed by atoms with E-state index in [0.29, 0.717) is 13.2 Å². The summed E-state index contributed by atoms with van der Waals surface area (Å²) in [6, 6.07) is 44.0. The lowest BCUT2D eigenvalue weighted by Crippen LogP contribution is -1.98. The van der Waals surface area contributed by atoms with Gasteiger partial charge in [-0.05, 0) is 63.7 Å². The van der Waals surface area contributed by atoms with Gasteiger partial charge < -0.3 is 9.47 Å². The summed E-state index contributed by atoms with van der Waals surface area (Å²) < 4.78 is 13.2. The number of hydrogen-bond acceptors (Lipinski definition) is 2. The van der Waals surface area contributed by atoms with Gasteiger partial charge >= 0.3 is 0 Å². The van der Waals surface area contributed by atoms with Crippen LogP contribution in [0.5, 0.6) is 11.5 Å². The second-order valence-corrected chi connectivity index (χ2v) is 9.38. The normalized spacial score (nSPS) is 10.7. The number of alkyl halides is 1. The van der Waals surface area contributed by atoms with Crippen LogP contribution in [-0.2, 0) is 17.6 Å². The highest BCUT2D eigenvalue weighted by Crippen LogP contribution is 2.27. The number of para-hydroxylation sites is 1. The van der Waals surface area contributed by atoms with Crippen molar-refractivity contribution in [1.29, 1.82) is 0 Å². The molecule has 2 nitrogen and oxygen atoms in total. The molecule has 0 aliphatic carbocycles. The Morgan fingerprint density at radius 3 is 1.75 bits per heavy atom. The highest BCUT2D eigenvalue weighted by atomic mass is 127. The Labute approximate surface area is 226 Å². The lowest BCUT2D eigenvalue weighted by molar-refractivity contribution is 0.304. The SMILES string of the molecule is ICc1ccccc1OCc1cccc(-c2cccc(OCc3cccc(-c4ccccc4)c3)c2)c1. The minimum absolute atomic E-state index is 0.522. The van der Waals surface area contributed by atoms with E-state index in [1.165, 1.54) is 16.7 Å². The zero-order valence-corrected chi connectivity index (χ0v) is 22.1. The van der Waals surface area contributed by atoms with Crippen LogP contribution >= 0.6 is 22.6 Å². The smallest absolute Gasteiger partial charge is 0.123 e. The van der Waals surface area contributed by atoms with Crippen LogP contribution in [0.1, 0.15) is 16.7 Å². The number of ether oxygens (including phenoxy) is 2. The summed E-state index contributed by atoms with van der Waals surface area (Å²) in [5, 5.41) is 0. The minimum Gasteiger partial charge on any atom is -0.489 e. The zero-order chi connectivity index (χ0) is 24.6. The van der Waals surface area contributed by atoms with E-state index in [-0.39, 0.29) is 0 Å². The predicted octanol–water partition coefficient (Wildman–Crippen LogP) is 9.11. The van der Waals surface area contributed by atoms with Gasteiger partial charge in [0.05, 0.1) is 0 Å². The van der Waals surface area contributed by atoms with Gasteiger partial charge in [0.25, 0.3) is 0 Å². The van der Waals surface area contributed by atoms with Crippen LogP contribution in [-0.4, -0.2) is 0 Å². The second kappa shape index (κ2) is 11.9. The van der Waals surface area contributed by atoms with Crippen LogP contribution in [0.4, 0.5) is 0 Å². The van der Waals surface area contributed by atoms with Gasteiger partial charge in [-0.3, -0.25) is 0 Å². The molecule has 0 unspecified atom stereocenters. The zero-order valence-electron chi connectivity index (χ0n) is 19.9. The quantitative estimate of drug-likeness (QED) is 0.128. The summed E-state index contributed by atoms with van der Waals surface area (Å²) in [6.07, 6.45) is 0. The lowest BCUT2D eigenvalue weighted by atomic mass is 10.0. The molecule has 5 rings (SSSR count). The van der Waals surface area contributed by atoms with Crippen molar-refractivity contribution in [2.24, 2.45) is 0 Å². The highest BCUT2D eigenvalue weighted by Gasteiger charge is 2.06.